The molecule has 0 bridgehead atoms. The monoisotopic (exact) mass is 320 g/mol. The fraction of sp³-hybridized carbons (Fsp3) is 0.300. The summed E-state index contributed by atoms with van der Waals surface area (Å²) >= 11 is 6.59. The van der Waals surface area contributed by atoms with Gasteiger partial charge >= 0.3 is 5.97 Å². The Labute approximate surface area is 99.6 Å². The summed E-state index contributed by atoms with van der Waals surface area (Å²) in [6, 6.07) is 5.37. The molecule has 0 saturated carbocycles. The molecule has 0 radical (unpaired) electrons. The van der Waals surface area contributed by atoms with E-state index in [1.54, 1.807) is 6.07 Å². The molecule has 0 heterocycles. The summed E-state index contributed by atoms with van der Waals surface area (Å²) in [5, 5.41) is 9.85. The Hall–Kier alpha value is -0.350. The lowest BCUT2D eigenvalue weighted by Crippen LogP contribution is -2.02. The first kappa shape index (κ1) is 11.7. The van der Waals surface area contributed by atoms with E-state index in [9.17, 15) is 4.79 Å². The number of carboxylic acid groups (broad SMARTS) is 1. The van der Waals surface area contributed by atoms with Crippen molar-refractivity contribution in [1.82, 2.24) is 0 Å². The highest BCUT2D eigenvalue weighted by atomic mass is 79.9. The van der Waals surface area contributed by atoms with Gasteiger partial charge in [-0.3, -0.25) is 0 Å². The number of benzene rings is 1. The van der Waals surface area contributed by atoms with Gasteiger partial charge in [0.1, 0.15) is 0 Å². The molecular weight excluding hydrogens is 312 g/mol. The molecule has 76 valence electrons. The van der Waals surface area contributed by atoms with E-state index in [4.69, 9.17) is 5.11 Å². The Morgan fingerprint density at radius 2 is 2.14 bits per heavy atom. The predicted molar refractivity (Wildman–Crippen MR) is 63.2 cm³/mol. The van der Waals surface area contributed by atoms with Crippen LogP contribution in [0.4, 0.5) is 0 Å². The highest BCUT2D eigenvalue weighted by Gasteiger charge is 2.09. The fourth-order valence-electron chi connectivity index (χ4n) is 1.22. The van der Waals surface area contributed by atoms with Gasteiger partial charge in [0, 0.05) is 9.80 Å². The summed E-state index contributed by atoms with van der Waals surface area (Å²) in [4.78, 5) is 10.9. The van der Waals surface area contributed by atoms with E-state index < -0.39 is 5.97 Å². The quantitative estimate of drug-likeness (QED) is 0.862. The van der Waals surface area contributed by atoms with Crippen LogP contribution in [0, 0.1) is 0 Å². The van der Waals surface area contributed by atoms with Crippen LogP contribution in [-0.2, 0) is 6.42 Å². The van der Waals surface area contributed by atoms with Gasteiger partial charge in [-0.1, -0.05) is 37.9 Å². The summed E-state index contributed by atoms with van der Waals surface area (Å²) < 4.78 is 0.803. The maximum absolute atomic E-state index is 10.9. The van der Waals surface area contributed by atoms with Gasteiger partial charge in [-0.25, -0.2) is 4.79 Å². The van der Waals surface area contributed by atoms with Crippen LogP contribution in [-0.4, -0.2) is 16.4 Å². The molecule has 0 unspecified atom stereocenters. The molecule has 0 aliphatic heterocycles. The van der Waals surface area contributed by atoms with Gasteiger partial charge < -0.3 is 5.11 Å². The SMILES string of the molecule is O=C(O)c1cc(Br)ccc1CCCBr. The maximum Gasteiger partial charge on any atom is 0.336 e. The van der Waals surface area contributed by atoms with Gasteiger partial charge in [-0.05, 0) is 30.5 Å². The van der Waals surface area contributed by atoms with Gasteiger partial charge in [0.15, 0.2) is 0 Å². The van der Waals surface area contributed by atoms with E-state index in [-0.39, 0.29) is 0 Å². The molecule has 4 heteroatoms. The lowest BCUT2D eigenvalue weighted by molar-refractivity contribution is 0.0695. The van der Waals surface area contributed by atoms with Gasteiger partial charge in [-0.2, -0.15) is 0 Å². The predicted octanol–water partition coefficient (Wildman–Crippen LogP) is 3.47. The van der Waals surface area contributed by atoms with Crippen molar-refractivity contribution in [3.8, 4) is 0 Å². The molecular formula is C10H10Br2O2. The maximum atomic E-state index is 10.9. The molecule has 0 amide bonds. The van der Waals surface area contributed by atoms with Crippen LogP contribution in [0.25, 0.3) is 0 Å². The Bertz CT molecular complexity index is 337. The van der Waals surface area contributed by atoms with Gasteiger partial charge in [-0.15, -0.1) is 0 Å². The Balaban J connectivity index is 2.96. The van der Waals surface area contributed by atoms with Crippen molar-refractivity contribution < 1.29 is 9.90 Å². The third-order valence-electron chi connectivity index (χ3n) is 1.88. The number of hydrogen-bond acceptors (Lipinski definition) is 1. The van der Waals surface area contributed by atoms with Crippen molar-refractivity contribution >= 4 is 37.8 Å². The van der Waals surface area contributed by atoms with E-state index in [1.165, 1.54) is 0 Å². The molecule has 0 spiro atoms. The molecule has 1 aromatic carbocycles. The lowest BCUT2D eigenvalue weighted by atomic mass is 10.0. The third-order valence-corrected chi connectivity index (χ3v) is 2.94. The molecule has 0 aliphatic carbocycles. The van der Waals surface area contributed by atoms with Crippen molar-refractivity contribution in [1.29, 1.82) is 0 Å². The van der Waals surface area contributed by atoms with Crippen LogP contribution in [0.1, 0.15) is 22.3 Å². The van der Waals surface area contributed by atoms with Crippen LogP contribution >= 0.6 is 31.9 Å². The van der Waals surface area contributed by atoms with E-state index in [2.05, 4.69) is 31.9 Å². The zero-order valence-corrected chi connectivity index (χ0v) is 10.6. The van der Waals surface area contributed by atoms with Crippen molar-refractivity contribution in [2.75, 3.05) is 5.33 Å². The third kappa shape index (κ3) is 3.10. The Kier molecular flexibility index (Phi) is 4.62. The van der Waals surface area contributed by atoms with E-state index in [1.807, 2.05) is 12.1 Å². The molecule has 1 rings (SSSR count). The first-order valence-electron chi connectivity index (χ1n) is 4.23. The number of halogens is 2. The molecule has 0 aliphatic rings. The van der Waals surface area contributed by atoms with E-state index in [0.29, 0.717) is 5.56 Å². The largest absolute Gasteiger partial charge is 0.478 e. The first-order valence-corrected chi connectivity index (χ1v) is 6.14. The molecule has 1 aromatic rings. The van der Waals surface area contributed by atoms with E-state index in [0.717, 1.165) is 28.2 Å². The van der Waals surface area contributed by atoms with Gasteiger partial charge in [0.05, 0.1) is 5.56 Å². The molecule has 0 atom stereocenters. The second-order valence-corrected chi connectivity index (χ2v) is 4.61. The summed E-state index contributed by atoms with van der Waals surface area (Å²) in [5.74, 6) is -0.865. The average molecular weight is 322 g/mol. The zero-order valence-electron chi connectivity index (χ0n) is 7.46. The minimum Gasteiger partial charge on any atom is -0.478 e. The number of hydrogen-bond donors (Lipinski definition) is 1. The molecule has 0 fully saturated rings. The van der Waals surface area contributed by atoms with Crippen LogP contribution in [0.2, 0.25) is 0 Å². The smallest absolute Gasteiger partial charge is 0.336 e. The minimum atomic E-state index is -0.865. The van der Waals surface area contributed by atoms with Crippen LogP contribution < -0.4 is 0 Å². The molecule has 2 nitrogen and oxygen atoms in total. The minimum absolute atomic E-state index is 0.389. The van der Waals surface area contributed by atoms with Gasteiger partial charge in [0.25, 0.3) is 0 Å². The second kappa shape index (κ2) is 5.51. The number of carboxylic acids is 1. The van der Waals surface area contributed by atoms with Crippen molar-refractivity contribution in [2.24, 2.45) is 0 Å². The zero-order chi connectivity index (χ0) is 10.6. The van der Waals surface area contributed by atoms with Crippen LogP contribution in [0.15, 0.2) is 22.7 Å². The number of carbonyl (C=O) groups is 1. The topological polar surface area (TPSA) is 37.3 Å². The normalized spacial score (nSPS) is 10.1. The highest BCUT2D eigenvalue weighted by Crippen LogP contribution is 2.18. The number of rotatable bonds is 4. The van der Waals surface area contributed by atoms with Gasteiger partial charge in [0.2, 0.25) is 0 Å². The molecule has 14 heavy (non-hydrogen) atoms. The van der Waals surface area contributed by atoms with Crippen LogP contribution in [0.5, 0.6) is 0 Å². The summed E-state index contributed by atoms with van der Waals surface area (Å²) in [5.41, 5.74) is 1.28. The summed E-state index contributed by atoms with van der Waals surface area (Å²) in [7, 11) is 0. The van der Waals surface area contributed by atoms with Crippen molar-refractivity contribution in [3.63, 3.8) is 0 Å². The first-order chi connectivity index (χ1) is 6.65. The Morgan fingerprint density at radius 3 is 2.71 bits per heavy atom. The van der Waals surface area contributed by atoms with Crippen molar-refractivity contribution in [2.45, 2.75) is 12.8 Å². The fourth-order valence-corrected chi connectivity index (χ4v) is 1.86. The van der Waals surface area contributed by atoms with Crippen LogP contribution in [0.3, 0.4) is 0 Å². The highest BCUT2D eigenvalue weighted by molar-refractivity contribution is 9.10. The summed E-state index contributed by atoms with van der Waals surface area (Å²) in [6.45, 7) is 0. The molecule has 0 saturated heterocycles. The number of aryl methyl sites for hydroxylation is 1. The Morgan fingerprint density at radius 1 is 1.43 bits per heavy atom. The number of aromatic carboxylic acids is 1. The van der Waals surface area contributed by atoms with E-state index >= 15 is 0 Å². The summed E-state index contributed by atoms with van der Waals surface area (Å²) in [6.07, 6.45) is 1.74. The average Bonchev–Trinajstić information content (AvgIpc) is 2.15. The van der Waals surface area contributed by atoms with Crippen molar-refractivity contribution in [3.05, 3.63) is 33.8 Å². The number of alkyl halides is 1. The standard InChI is InChI=1S/C10H10Br2O2/c11-5-1-2-7-3-4-8(12)6-9(7)10(13)14/h3-4,6H,1-2,5H2,(H,13,14). The molecule has 0 aromatic heterocycles. The molecule has 1 N–H and O–H groups in total. The second-order valence-electron chi connectivity index (χ2n) is 2.90. The lowest BCUT2D eigenvalue weighted by Gasteiger charge is -2.05.